The number of hydrogen-bond donors (Lipinski definition) is 1. The minimum absolute atomic E-state index is 0.0276. The lowest BCUT2D eigenvalue weighted by molar-refractivity contribution is -0.00455. The molecule has 2 atom stereocenters. The summed E-state index contributed by atoms with van der Waals surface area (Å²) in [5.41, 5.74) is 6.51. The third-order valence-electron chi connectivity index (χ3n) is 8.04. The highest BCUT2D eigenvalue weighted by Gasteiger charge is 2.42. The van der Waals surface area contributed by atoms with E-state index >= 15 is 0 Å². The molecule has 41 heavy (non-hydrogen) atoms. The first kappa shape index (κ1) is 27.7. The molecule has 6 nitrogen and oxygen atoms in total. The van der Waals surface area contributed by atoms with Gasteiger partial charge in [0.05, 0.1) is 25.8 Å². The third kappa shape index (κ3) is 6.40. The zero-order valence-corrected chi connectivity index (χ0v) is 23.8. The number of morpholine rings is 1. The van der Waals surface area contributed by atoms with Crippen molar-refractivity contribution in [3.63, 3.8) is 0 Å². The summed E-state index contributed by atoms with van der Waals surface area (Å²) < 4.78 is 32.0. The lowest BCUT2D eigenvalue weighted by Crippen LogP contribution is -2.45. The van der Waals surface area contributed by atoms with Gasteiger partial charge in [-0.15, -0.1) is 0 Å². The van der Waals surface area contributed by atoms with Crippen LogP contribution >= 0.6 is 0 Å². The van der Waals surface area contributed by atoms with Gasteiger partial charge in [-0.25, -0.2) is 0 Å². The molecule has 1 saturated heterocycles. The Morgan fingerprint density at radius 1 is 0.829 bits per heavy atom. The van der Waals surface area contributed by atoms with E-state index in [0.717, 1.165) is 37.2 Å². The molecule has 4 aromatic carbocycles. The molecule has 0 bridgehead atoms. The minimum Gasteiger partial charge on any atom is -0.370 e. The van der Waals surface area contributed by atoms with Crippen molar-refractivity contribution >= 4 is 16.2 Å². The predicted molar refractivity (Wildman–Crippen MR) is 161 cm³/mol. The number of nitrogens with zero attached hydrogens (tertiary/aromatic N) is 2. The molecule has 0 amide bonds. The average molecular weight is 568 g/mol. The number of benzene rings is 4. The first-order valence-electron chi connectivity index (χ1n) is 14.1. The summed E-state index contributed by atoms with van der Waals surface area (Å²) in [4.78, 5) is 15.8. The van der Waals surface area contributed by atoms with Crippen LogP contribution in [0.15, 0.2) is 108 Å². The van der Waals surface area contributed by atoms with Crippen LogP contribution in [0.25, 0.3) is 0 Å². The number of fused-ring (bicyclic) bond motifs is 1. The standard InChI is InChI=1S/C34H34N2O4S/c37-33(29-14-10-27(11-15-29)23-35-19-18-28-6-4-5-9-31(28)24-35)22-26-12-16-32(17-13-26)41(38,39)36-20-21-40-34(25-36)30-7-2-1-3-8-30/h1-17,34H,18-25H2/p+1. The molecule has 1 N–H and O–H groups in total. The maximum atomic E-state index is 13.5. The van der Waals surface area contributed by atoms with E-state index in [9.17, 15) is 13.6 Å². The van der Waals surface area contributed by atoms with E-state index in [2.05, 4.69) is 29.2 Å². The Hall–Kier alpha value is -3.46. The lowest BCUT2D eigenvalue weighted by Gasteiger charge is -2.30. The van der Waals surface area contributed by atoms with Crippen LogP contribution in [0.2, 0.25) is 0 Å². The van der Waals surface area contributed by atoms with Crippen LogP contribution < -0.4 is 0 Å². The maximum absolute atomic E-state index is 13.5. The highest BCUT2D eigenvalue weighted by Crippen LogP contribution is 2.29. The molecule has 0 radical (unpaired) electrons. The first-order chi connectivity index (χ1) is 20.0. The molecule has 0 aliphatic carbocycles. The molecule has 210 valence electrons. The van der Waals surface area contributed by atoms with Crippen molar-refractivity contribution in [3.05, 3.63) is 137 Å². The van der Waals surface area contributed by atoms with Crippen LogP contribution in [0.1, 0.15) is 44.3 Å². The number of Topliss-reactive ketones (excluding diaryl/α,β-unsaturated/α-hetero) is 1. The SMILES string of the molecule is O=C(Cc1ccc([S+](=O)(O)N2CCOC(c3ccccc3)C2)cc1)c1ccc(CN2CCc3ccccc3C2)cc1. The van der Waals surface area contributed by atoms with Crippen molar-refractivity contribution in [3.8, 4) is 0 Å². The predicted octanol–water partition coefficient (Wildman–Crippen LogP) is 5.99. The van der Waals surface area contributed by atoms with E-state index in [1.165, 1.54) is 16.7 Å². The van der Waals surface area contributed by atoms with Gasteiger partial charge in [0.2, 0.25) is 4.90 Å². The van der Waals surface area contributed by atoms with Gasteiger partial charge in [-0.05, 0) is 50.6 Å². The van der Waals surface area contributed by atoms with Gasteiger partial charge < -0.3 is 4.74 Å². The van der Waals surface area contributed by atoms with Crippen LogP contribution in [-0.2, 0) is 45.3 Å². The summed E-state index contributed by atoms with van der Waals surface area (Å²) in [6.07, 6.45) is 1.05. The Labute approximate surface area is 243 Å². The van der Waals surface area contributed by atoms with E-state index in [1.54, 1.807) is 28.6 Å². The van der Waals surface area contributed by atoms with Crippen molar-refractivity contribution in [2.75, 3.05) is 26.2 Å². The molecule has 4 aromatic rings. The van der Waals surface area contributed by atoms with Crippen molar-refractivity contribution in [1.82, 2.24) is 9.21 Å². The molecule has 0 spiro atoms. The molecule has 0 saturated carbocycles. The summed E-state index contributed by atoms with van der Waals surface area (Å²) in [5.74, 6) is 0.0276. The maximum Gasteiger partial charge on any atom is 0.325 e. The van der Waals surface area contributed by atoms with Gasteiger partial charge in [0.15, 0.2) is 5.78 Å². The molecule has 6 rings (SSSR count). The van der Waals surface area contributed by atoms with Gasteiger partial charge in [0, 0.05) is 31.6 Å². The zero-order valence-electron chi connectivity index (χ0n) is 23.0. The van der Waals surface area contributed by atoms with Crippen LogP contribution in [0.5, 0.6) is 0 Å². The highest BCUT2D eigenvalue weighted by molar-refractivity contribution is 7.95. The van der Waals surface area contributed by atoms with Gasteiger partial charge in [0.1, 0.15) is 0 Å². The average Bonchev–Trinajstić information content (AvgIpc) is 3.02. The topological polar surface area (TPSA) is 70.1 Å². The van der Waals surface area contributed by atoms with Gasteiger partial charge in [-0.2, -0.15) is 4.55 Å². The summed E-state index contributed by atoms with van der Waals surface area (Å²) in [6.45, 7) is 3.94. The van der Waals surface area contributed by atoms with Crippen LogP contribution in [0.4, 0.5) is 0 Å². The smallest absolute Gasteiger partial charge is 0.325 e. The molecule has 2 unspecified atom stereocenters. The van der Waals surface area contributed by atoms with Crippen LogP contribution in [-0.4, -0.2) is 45.8 Å². The van der Waals surface area contributed by atoms with Crippen LogP contribution in [0.3, 0.4) is 0 Å². The molecule has 1 fully saturated rings. The van der Waals surface area contributed by atoms with E-state index in [-0.39, 0.29) is 18.3 Å². The number of carbonyl (C=O) groups excluding carboxylic acids is 1. The van der Waals surface area contributed by atoms with Crippen molar-refractivity contribution in [2.24, 2.45) is 0 Å². The third-order valence-corrected chi connectivity index (χ3v) is 9.96. The summed E-state index contributed by atoms with van der Waals surface area (Å²) in [7, 11) is -3.42. The fourth-order valence-electron chi connectivity index (χ4n) is 5.68. The molecule has 2 heterocycles. The van der Waals surface area contributed by atoms with Gasteiger partial charge in [-0.1, -0.05) is 95.3 Å². The largest absolute Gasteiger partial charge is 0.370 e. The summed E-state index contributed by atoms with van der Waals surface area (Å²) >= 11 is 0. The molecular formula is C34H35N2O4S+. The van der Waals surface area contributed by atoms with Crippen LogP contribution in [0, 0.1) is 0 Å². The normalized spacial score (nSPS) is 19.3. The summed E-state index contributed by atoms with van der Waals surface area (Å²) in [5, 5.41) is 0. The molecule has 7 heteroatoms. The van der Waals surface area contributed by atoms with Crippen molar-refractivity contribution in [2.45, 2.75) is 36.9 Å². The Morgan fingerprint density at radius 3 is 2.27 bits per heavy atom. The van der Waals surface area contributed by atoms with E-state index in [1.807, 2.05) is 54.6 Å². The highest BCUT2D eigenvalue weighted by atomic mass is 32.3. The van der Waals surface area contributed by atoms with E-state index in [4.69, 9.17) is 4.74 Å². The quantitative estimate of drug-likeness (QED) is 0.209. The fourth-order valence-corrected chi connectivity index (χ4v) is 7.13. The number of carbonyl (C=O) groups is 1. The number of ketones is 1. The Kier molecular flexibility index (Phi) is 8.23. The number of ether oxygens (including phenoxy) is 1. The number of rotatable bonds is 8. The minimum atomic E-state index is -3.42. The van der Waals surface area contributed by atoms with Crippen molar-refractivity contribution < 1.29 is 18.3 Å². The van der Waals surface area contributed by atoms with Gasteiger partial charge >= 0.3 is 10.4 Å². The molecule has 2 aliphatic rings. The van der Waals surface area contributed by atoms with Gasteiger partial charge in [-0.3, -0.25) is 9.69 Å². The first-order valence-corrected chi connectivity index (χ1v) is 15.6. The summed E-state index contributed by atoms with van der Waals surface area (Å²) in [6, 6.07) is 33.2. The lowest BCUT2D eigenvalue weighted by atomic mass is 9.99. The molecule has 2 aliphatic heterocycles. The Balaban J connectivity index is 1.05. The monoisotopic (exact) mass is 567 g/mol. The second-order valence-electron chi connectivity index (χ2n) is 10.8. The Morgan fingerprint density at radius 2 is 1.51 bits per heavy atom. The second-order valence-corrected chi connectivity index (χ2v) is 12.8. The molecular weight excluding hydrogens is 532 g/mol. The van der Waals surface area contributed by atoms with Crippen molar-refractivity contribution in [1.29, 1.82) is 0 Å². The Bertz CT molecular complexity index is 1540. The number of hydrogen-bond acceptors (Lipinski definition) is 4. The van der Waals surface area contributed by atoms with E-state index in [0.29, 0.717) is 30.2 Å². The van der Waals surface area contributed by atoms with E-state index < -0.39 is 10.4 Å². The van der Waals surface area contributed by atoms with Gasteiger partial charge in [0.25, 0.3) is 0 Å². The fraction of sp³-hybridized carbons (Fsp3) is 0.265. The zero-order chi connectivity index (χ0) is 28.2. The molecule has 0 aromatic heterocycles. The second kappa shape index (κ2) is 12.2.